The highest BCUT2D eigenvalue weighted by Gasteiger charge is 2.13. The van der Waals surface area contributed by atoms with Crippen LogP contribution in [0.4, 0.5) is 0 Å². The van der Waals surface area contributed by atoms with Crippen molar-refractivity contribution < 1.29 is 0 Å². The molecule has 4 heteroatoms. The number of thioether (sulfide) groups is 2. The fraction of sp³-hybridized carbons (Fsp3) is 0.500. The summed E-state index contributed by atoms with van der Waals surface area (Å²) >= 11 is 10.0. The van der Waals surface area contributed by atoms with Gasteiger partial charge in [0, 0.05) is 40.6 Å². The standard InChI is InChI=1S/C12H16ClNS2/c13-11-3-1-10(2-4-11)7-14-8-12-9-15-5-6-16-12/h1-4,12,14H,5-9H2. The SMILES string of the molecule is Clc1ccc(CNCC2CSCCS2)cc1. The van der Waals surface area contributed by atoms with E-state index in [4.69, 9.17) is 11.6 Å². The number of benzene rings is 1. The third-order valence-electron chi connectivity index (χ3n) is 2.50. The van der Waals surface area contributed by atoms with E-state index in [1.165, 1.54) is 22.8 Å². The summed E-state index contributed by atoms with van der Waals surface area (Å²) in [7, 11) is 0. The van der Waals surface area contributed by atoms with Gasteiger partial charge in [-0.05, 0) is 17.7 Å². The van der Waals surface area contributed by atoms with E-state index in [0.717, 1.165) is 23.4 Å². The van der Waals surface area contributed by atoms with Gasteiger partial charge in [-0.25, -0.2) is 0 Å². The molecule has 0 aromatic heterocycles. The van der Waals surface area contributed by atoms with Gasteiger partial charge in [0.25, 0.3) is 0 Å². The van der Waals surface area contributed by atoms with E-state index in [9.17, 15) is 0 Å². The Labute approximate surface area is 111 Å². The van der Waals surface area contributed by atoms with Gasteiger partial charge in [-0.15, -0.1) is 0 Å². The fourth-order valence-electron chi connectivity index (χ4n) is 1.63. The van der Waals surface area contributed by atoms with Crippen molar-refractivity contribution in [2.45, 2.75) is 11.8 Å². The first kappa shape index (κ1) is 12.6. The Morgan fingerprint density at radius 1 is 1.25 bits per heavy atom. The lowest BCUT2D eigenvalue weighted by molar-refractivity contribution is 0.686. The second-order valence-electron chi connectivity index (χ2n) is 3.83. The summed E-state index contributed by atoms with van der Waals surface area (Å²) in [4.78, 5) is 0. The van der Waals surface area contributed by atoms with Crippen LogP contribution in [0.1, 0.15) is 5.56 Å². The van der Waals surface area contributed by atoms with Crippen molar-refractivity contribution in [1.82, 2.24) is 5.32 Å². The van der Waals surface area contributed by atoms with Crippen molar-refractivity contribution >= 4 is 35.1 Å². The van der Waals surface area contributed by atoms with Gasteiger partial charge in [0.2, 0.25) is 0 Å². The lowest BCUT2D eigenvalue weighted by Gasteiger charge is -2.21. The van der Waals surface area contributed by atoms with E-state index in [2.05, 4.69) is 41.0 Å². The summed E-state index contributed by atoms with van der Waals surface area (Å²) in [5.41, 5.74) is 1.30. The highest BCUT2D eigenvalue weighted by atomic mass is 35.5. The molecular weight excluding hydrogens is 258 g/mol. The fourth-order valence-corrected chi connectivity index (χ4v) is 4.41. The van der Waals surface area contributed by atoms with Crippen LogP contribution in [0.2, 0.25) is 5.02 Å². The van der Waals surface area contributed by atoms with Crippen LogP contribution in [0.25, 0.3) is 0 Å². The molecule has 1 aliphatic heterocycles. The minimum absolute atomic E-state index is 0.783. The van der Waals surface area contributed by atoms with Crippen LogP contribution in [0, 0.1) is 0 Å². The number of halogens is 1. The molecule has 1 atom stereocenters. The second kappa shape index (κ2) is 6.80. The van der Waals surface area contributed by atoms with Crippen LogP contribution in [0.3, 0.4) is 0 Å². The van der Waals surface area contributed by atoms with Gasteiger partial charge in [0.1, 0.15) is 0 Å². The molecular formula is C12H16ClNS2. The molecule has 1 aromatic rings. The molecule has 0 spiro atoms. The molecule has 1 heterocycles. The number of nitrogens with one attached hydrogen (secondary N) is 1. The van der Waals surface area contributed by atoms with E-state index in [1.54, 1.807) is 0 Å². The molecule has 2 rings (SSSR count). The largest absolute Gasteiger partial charge is 0.312 e. The van der Waals surface area contributed by atoms with Gasteiger partial charge in [0.15, 0.2) is 0 Å². The van der Waals surface area contributed by atoms with E-state index in [1.807, 2.05) is 12.1 Å². The number of rotatable bonds is 4. The number of hydrogen-bond acceptors (Lipinski definition) is 3. The third-order valence-corrected chi connectivity index (χ3v) is 5.60. The molecule has 0 aliphatic carbocycles. The number of hydrogen-bond donors (Lipinski definition) is 1. The Balaban J connectivity index is 1.69. The maximum absolute atomic E-state index is 5.84. The topological polar surface area (TPSA) is 12.0 Å². The van der Waals surface area contributed by atoms with Crippen LogP contribution in [0.15, 0.2) is 24.3 Å². The summed E-state index contributed by atoms with van der Waals surface area (Å²) < 4.78 is 0. The van der Waals surface area contributed by atoms with Crippen molar-refractivity contribution in [3.63, 3.8) is 0 Å². The minimum Gasteiger partial charge on any atom is -0.312 e. The molecule has 1 N–H and O–H groups in total. The van der Waals surface area contributed by atoms with E-state index in [0.29, 0.717) is 0 Å². The summed E-state index contributed by atoms with van der Waals surface area (Å²) in [6.45, 7) is 2.05. The first-order valence-electron chi connectivity index (χ1n) is 5.49. The van der Waals surface area contributed by atoms with Crippen LogP contribution < -0.4 is 5.32 Å². The normalized spacial score (nSPS) is 20.9. The highest BCUT2D eigenvalue weighted by Crippen LogP contribution is 2.23. The molecule has 1 aliphatic rings. The third kappa shape index (κ3) is 4.21. The zero-order valence-electron chi connectivity index (χ0n) is 9.12. The summed E-state index contributed by atoms with van der Waals surface area (Å²) in [6.07, 6.45) is 0. The molecule has 1 unspecified atom stereocenters. The zero-order chi connectivity index (χ0) is 11.2. The average molecular weight is 274 g/mol. The first-order chi connectivity index (χ1) is 7.84. The maximum atomic E-state index is 5.84. The summed E-state index contributed by atoms with van der Waals surface area (Å²) in [5, 5.41) is 5.11. The van der Waals surface area contributed by atoms with Crippen LogP contribution in [-0.4, -0.2) is 29.1 Å². The summed E-state index contributed by atoms with van der Waals surface area (Å²) in [5.74, 6) is 3.91. The Bertz CT molecular complexity index is 309. The maximum Gasteiger partial charge on any atom is 0.0406 e. The summed E-state index contributed by atoms with van der Waals surface area (Å²) in [6, 6.07) is 8.06. The van der Waals surface area contributed by atoms with Crippen LogP contribution in [-0.2, 0) is 6.54 Å². The molecule has 0 amide bonds. The Morgan fingerprint density at radius 3 is 2.75 bits per heavy atom. The van der Waals surface area contributed by atoms with Crippen molar-refractivity contribution in [2.75, 3.05) is 23.8 Å². The van der Waals surface area contributed by atoms with Crippen LogP contribution in [0.5, 0.6) is 0 Å². The molecule has 1 saturated heterocycles. The quantitative estimate of drug-likeness (QED) is 0.904. The van der Waals surface area contributed by atoms with E-state index in [-0.39, 0.29) is 0 Å². The lowest BCUT2D eigenvalue weighted by atomic mass is 10.2. The predicted octanol–water partition coefficient (Wildman–Crippen LogP) is 3.28. The second-order valence-corrected chi connectivity index (χ2v) is 6.82. The lowest BCUT2D eigenvalue weighted by Crippen LogP contribution is -2.28. The van der Waals surface area contributed by atoms with Gasteiger partial charge in [-0.3, -0.25) is 0 Å². The molecule has 1 nitrogen and oxygen atoms in total. The zero-order valence-corrected chi connectivity index (χ0v) is 11.5. The molecule has 0 radical (unpaired) electrons. The van der Waals surface area contributed by atoms with Crippen molar-refractivity contribution in [2.24, 2.45) is 0 Å². The van der Waals surface area contributed by atoms with Crippen molar-refractivity contribution in [3.05, 3.63) is 34.9 Å². The molecule has 88 valence electrons. The Hall–Kier alpha value is 0.170. The average Bonchev–Trinajstić information content (AvgIpc) is 2.33. The van der Waals surface area contributed by atoms with Crippen molar-refractivity contribution in [1.29, 1.82) is 0 Å². The Morgan fingerprint density at radius 2 is 2.06 bits per heavy atom. The molecule has 1 fully saturated rings. The predicted molar refractivity (Wildman–Crippen MR) is 76.7 cm³/mol. The van der Waals surface area contributed by atoms with Gasteiger partial charge in [-0.2, -0.15) is 23.5 Å². The van der Waals surface area contributed by atoms with Gasteiger partial charge in [-0.1, -0.05) is 23.7 Å². The molecule has 16 heavy (non-hydrogen) atoms. The Kier molecular flexibility index (Phi) is 5.36. The van der Waals surface area contributed by atoms with Gasteiger partial charge in [0.05, 0.1) is 0 Å². The van der Waals surface area contributed by atoms with Gasteiger partial charge >= 0.3 is 0 Å². The molecule has 1 aromatic carbocycles. The van der Waals surface area contributed by atoms with E-state index >= 15 is 0 Å². The highest BCUT2D eigenvalue weighted by molar-refractivity contribution is 8.06. The monoisotopic (exact) mass is 273 g/mol. The molecule has 0 saturated carbocycles. The minimum atomic E-state index is 0.783. The van der Waals surface area contributed by atoms with Crippen LogP contribution >= 0.6 is 35.1 Å². The first-order valence-corrected chi connectivity index (χ1v) is 8.07. The molecule has 0 bridgehead atoms. The smallest absolute Gasteiger partial charge is 0.0406 e. The van der Waals surface area contributed by atoms with Crippen molar-refractivity contribution in [3.8, 4) is 0 Å². The van der Waals surface area contributed by atoms with E-state index < -0.39 is 0 Å². The van der Waals surface area contributed by atoms with Gasteiger partial charge < -0.3 is 5.32 Å².